The number of halogens is 1. The maximum atomic E-state index is 13.5. The molecule has 1 N–H and O–H groups in total. The van der Waals surface area contributed by atoms with Gasteiger partial charge in [0.15, 0.2) is 24.5 Å². The molecule has 1 aromatic rings. The van der Waals surface area contributed by atoms with Crippen LogP contribution in [-0.2, 0) is 4.79 Å². The molecule has 0 bridgehead atoms. The van der Waals surface area contributed by atoms with E-state index in [0.717, 1.165) is 12.8 Å². The Bertz CT molecular complexity index is 444. The van der Waals surface area contributed by atoms with Gasteiger partial charge in [-0.25, -0.2) is 4.39 Å². The van der Waals surface area contributed by atoms with Crippen molar-refractivity contribution in [3.63, 3.8) is 0 Å². The number of nitrogens with one attached hydrogen (secondary N) is 1. The van der Waals surface area contributed by atoms with E-state index in [1.54, 1.807) is 0 Å². The van der Waals surface area contributed by atoms with Gasteiger partial charge in [0.05, 0.1) is 5.56 Å². The molecule has 0 aliphatic carbocycles. The van der Waals surface area contributed by atoms with E-state index in [1.807, 2.05) is 13.8 Å². The molecule has 19 heavy (non-hydrogen) atoms. The van der Waals surface area contributed by atoms with Crippen LogP contribution in [0.5, 0.6) is 5.75 Å². The van der Waals surface area contributed by atoms with E-state index in [4.69, 9.17) is 4.74 Å². The Hall–Kier alpha value is -1.91. The first-order valence-corrected chi connectivity index (χ1v) is 6.28. The predicted octanol–water partition coefficient (Wildman–Crippen LogP) is 2.32. The molecule has 0 saturated carbocycles. The zero-order valence-corrected chi connectivity index (χ0v) is 11.1. The van der Waals surface area contributed by atoms with E-state index in [9.17, 15) is 14.0 Å². The molecule has 0 aliphatic rings. The van der Waals surface area contributed by atoms with Crippen molar-refractivity contribution in [1.82, 2.24) is 5.32 Å². The van der Waals surface area contributed by atoms with Gasteiger partial charge in [-0.3, -0.25) is 9.59 Å². The average Bonchev–Trinajstić information content (AvgIpc) is 2.43. The third kappa shape index (κ3) is 4.35. The average molecular weight is 267 g/mol. The topological polar surface area (TPSA) is 55.4 Å². The van der Waals surface area contributed by atoms with Crippen molar-refractivity contribution in [3.05, 3.63) is 29.6 Å². The fraction of sp³-hybridized carbons (Fsp3) is 0.429. The Labute approximate surface area is 112 Å². The van der Waals surface area contributed by atoms with E-state index < -0.39 is 5.82 Å². The normalized spacial score (nSPS) is 10.3. The van der Waals surface area contributed by atoms with Crippen molar-refractivity contribution in [2.45, 2.75) is 32.7 Å². The lowest BCUT2D eigenvalue weighted by molar-refractivity contribution is -0.123. The standard InChI is InChI=1S/C14H18FNO3/c1-3-11(4-2)16-13(18)9-19-14-10(8-17)6-5-7-12(14)15/h5-8,11H,3-4,9H2,1-2H3,(H,16,18). The second-order valence-electron chi connectivity index (χ2n) is 4.15. The summed E-state index contributed by atoms with van der Waals surface area (Å²) in [5.41, 5.74) is 0.0929. The highest BCUT2D eigenvalue weighted by atomic mass is 19.1. The minimum absolute atomic E-state index is 0.0854. The molecular weight excluding hydrogens is 249 g/mol. The summed E-state index contributed by atoms with van der Waals surface area (Å²) in [5.74, 6) is -1.16. The molecule has 0 aromatic heterocycles. The summed E-state index contributed by atoms with van der Waals surface area (Å²) in [7, 11) is 0. The molecule has 0 fully saturated rings. The van der Waals surface area contributed by atoms with E-state index >= 15 is 0 Å². The van der Waals surface area contributed by atoms with E-state index in [2.05, 4.69) is 5.32 Å². The molecule has 5 heteroatoms. The van der Waals surface area contributed by atoms with Crippen LogP contribution in [0.2, 0.25) is 0 Å². The number of carbonyl (C=O) groups is 2. The number of hydrogen-bond acceptors (Lipinski definition) is 3. The van der Waals surface area contributed by atoms with Crippen molar-refractivity contribution < 1.29 is 18.7 Å². The predicted molar refractivity (Wildman–Crippen MR) is 69.8 cm³/mol. The number of hydrogen-bond donors (Lipinski definition) is 1. The van der Waals surface area contributed by atoms with Crippen molar-refractivity contribution in [2.75, 3.05) is 6.61 Å². The smallest absolute Gasteiger partial charge is 0.258 e. The van der Waals surface area contributed by atoms with E-state index in [1.165, 1.54) is 18.2 Å². The number of para-hydroxylation sites is 1. The lowest BCUT2D eigenvalue weighted by atomic mass is 10.2. The van der Waals surface area contributed by atoms with Crippen LogP contribution >= 0.6 is 0 Å². The van der Waals surface area contributed by atoms with Gasteiger partial charge in [-0.2, -0.15) is 0 Å². The molecule has 0 aliphatic heterocycles. The fourth-order valence-corrected chi connectivity index (χ4v) is 1.67. The lowest BCUT2D eigenvalue weighted by Crippen LogP contribution is -2.37. The number of benzene rings is 1. The van der Waals surface area contributed by atoms with Gasteiger partial charge >= 0.3 is 0 Å². The van der Waals surface area contributed by atoms with Gasteiger partial charge in [0.1, 0.15) is 0 Å². The van der Waals surface area contributed by atoms with Crippen LogP contribution < -0.4 is 10.1 Å². The minimum Gasteiger partial charge on any atom is -0.480 e. The van der Waals surface area contributed by atoms with Crippen LogP contribution in [0, 0.1) is 5.82 Å². The summed E-state index contributed by atoms with van der Waals surface area (Å²) >= 11 is 0. The molecule has 1 aromatic carbocycles. The Balaban J connectivity index is 2.62. The summed E-state index contributed by atoms with van der Waals surface area (Å²) in [6.45, 7) is 3.63. The summed E-state index contributed by atoms with van der Waals surface area (Å²) in [6, 6.07) is 4.11. The van der Waals surface area contributed by atoms with Gasteiger partial charge in [-0.15, -0.1) is 0 Å². The van der Waals surface area contributed by atoms with Gasteiger partial charge in [0, 0.05) is 6.04 Å². The van der Waals surface area contributed by atoms with Crippen LogP contribution in [0.4, 0.5) is 4.39 Å². The van der Waals surface area contributed by atoms with Crippen molar-refractivity contribution in [2.24, 2.45) is 0 Å². The SMILES string of the molecule is CCC(CC)NC(=O)COc1c(F)cccc1C=O. The highest BCUT2D eigenvalue weighted by Gasteiger charge is 2.13. The molecule has 0 saturated heterocycles. The summed E-state index contributed by atoms with van der Waals surface area (Å²) in [6.07, 6.45) is 2.14. The number of aldehydes is 1. The van der Waals surface area contributed by atoms with Gasteiger partial charge in [-0.05, 0) is 25.0 Å². The second-order valence-corrected chi connectivity index (χ2v) is 4.15. The number of rotatable bonds is 7. The van der Waals surface area contributed by atoms with Crippen molar-refractivity contribution in [1.29, 1.82) is 0 Å². The molecular formula is C14H18FNO3. The molecule has 104 valence electrons. The van der Waals surface area contributed by atoms with E-state index in [0.29, 0.717) is 6.29 Å². The van der Waals surface area contributed by atoms with E-state index in [-0.39, 0.29) is 29.9 Å². The van der Waals surface area contributed by atoms with Crippen molar-refractivity contribution in [3.8, 4) is 5.75 Å². The highest BCUT2D eigenvalue weighted by molar-refractivity contribution is 5.81. The van der Waals surface area contributed by atoms with Gasteiger partial charge < -0.3 is 10.1 Å². The summed E-state index contributed by atoms with van der Waals surface area (Å²) < 4.78 is 18.6. The minimum atomic E-state index is -0.653. The molecule has 0 unspecified atom stereocenters. The quantitative estimate of drug-likeness (QED) is 0.771. The third-order valence-electron chi connectivity index (χ3n) is 2.82. The monoisotopic (exact) mass is 267 g/mol. The largest absolute Gasteiger partial charge is 0.480 e. The lowest BCUT2D eigenvalue weighted by Gasteiger charge is -2.15. The fourth-order valence-electron chi connectivity index (χ4n) is 1.67. The highest BCUT2D eigenvalue weighted by Crippen LogP contribution is 2.20. The maximum Gasteiger partial charge on any atom is 0.258 e. The molecule has 1 amide bonds. The first kappa shape index (κ1) is 15.1. The van der Waals surface area contributed by atoms with Gasteiger partial charge in [0.25, 0.3) is 5.91 Å². The molecule has 4 nitrogen and oxygen atoms in total. The molecule has 0 radical (unpaired) electrons. The van der Waals surface area contributed by atoms with Gasteiger partial charge in [0.2, 0.25) is 0 Å². The Kier molecular flexibility index (Phi) is 5.99. The zero-order chi connectivity index (χ0) is 14.3. The third-order valence-corrected chi connectivity index (χ3v) is 2.82. The first-order valence-electron chi connectivity index (χ1n) is 6.28. The summed E-state index contributed by atoms with van der Waals surface area (Å²) in [4.78, 5) is 22.4. The zero-order valence-electron chi connectivity index (χ0n) is 11.1. The van der Waals surface area contributed by atoms with Crippen LogP contribution in [0.15, 0.2) is 18.2 Å². The van der Waals surface area contributed by atoms with Gasteiger partial charge in [-0.1, -0.05) is 19.9 Å². The molecule has 0 spiro atoms. The number of amides is 1. The van der Waals surface area contributed by atoms with Crippen molar-refractivity contribution >= 4 is 12.2 Å². The van der Waals surface area contributed by atoms with Crippen LogP contribution in [0.1, 0.15) is 37.0 Å². The second kappa shape index (κ2) is 7.51. The van der Waals surface area contributed by atoms with Crippen LogP contribution in [-0.4, -0.2) is 24.8 Å². The Morgan fingerprint density at radius 1 is 1.42 bits per heavy atom. The maximum absolute atomic E-state index is 13.5. The van der Waals surface area contributed by atoms with Crippen LogP contribution in [0.25, 0.3) is 0 Å². The number of ether oxygens (including phenoxy) is 1. The molecule has 0 atom stereocenters. The first-order chi connectivity index (χ1) is 9.12. The summed E-state index contributed by atoms with van der Waals surface area (Å²) in [5, 5.41) is 2.77. The van der Waals surface area contributed by atoms with Crippen LogP contribution in [0.3, 0.4) is 0 Å². The molecule has 1 rings (SSSR count). The number of carbonyl (C=O) groups excluding carboxylic acids is 2. The Morgan fingerprint density at radius 3 is 2.68 bits per heavy atom. The Morgan fingerprint density at radius 2 is 2.11 bits per heavy atom. The molecule has 0 heterocycles.